The van der Waals surface area contributed by atoms with Gasteiger partial charge in [0.25, 0.3) is 5.56 Å². The van der Waals surface area contributed by atoms with Gasteiger partial charge in [0.15, 0.2) is 5.65 Å². The van der Waals surface area contributed by atoms with E-state index in [0.29, 0.717) is 5.82 Å². The predicted octanol–water partition coefficient (Wildman–Crippen LogP) is -0.418. The Morgan fingerprint density at radius 1 is 1.23 bits per heavy atom. The first-order chi connectivity index (χ1) is 6.20. The number of rotatable bonds is 1. The number of aromatic nitrogens is 4. The molecule has 13 heavy (non-hydrogen) atoms. The molecule has 0 unspecified atom stereocenters. The molecule has 0 saturated heterocycles. The molecule has 66 valence electrons. The van der Waals surface area contributed by atoms with E-state index < -0.39 is 11.2 Å². The van der Waals surface area contributed by atoms with Crippen LogP contribution < -0.4 is 11.2 Å². The fourth-order valence-corrected chi connectivity index (χ4v) is 1.05. The summed E-state index contributed by atoms with van der Waals surface area (Å²) in [4.78, 5) is 33.0. The molecule has 0 aliphatic rings. The van der Waals surface area contributed by atoms with Crippen LogP contribution in [0.2, 0.25) is 0 Å². The van der Waals surface area contributed by atoms with Crippen molar-refractivity contribution in [3.63, 3.8) is 0 Å². The zero-order valence-corrected chi connectivity index (χ0v) is 6.55. The van der Waals surface area contributed by atoms with Gasteiger partial charge in [0.2, 0.25) is 0 Å². The summed E-state index contributed by atoms with van der Waals surface area (Å²) >= 11 is 0. The molecular weight excluding hydrogens is 172 g/mol. The molecule has 0 saturated carbocycles. The smallest absolute Gasteiger partial charge is 0.327 e. The number of aromatic amines is 3. The van der Waals surface area contributed by atoms with Crippen molar-refractivity contribution >= 4 is 17.2 Å². The largest absolute Gasteiger partial charge is 0.333 e. The zero-order valence-electron chi connectivity index (χ0n) is 6.55. The first-order valence-corrected chi connectivity index (χ1v) is 3.55. The van der Waals surface area contributed by atoms with Crippen LogP contribution in [0.1, 0.15) is 5.82 Å². The second-order valence-electron chi connectivity index (χ2n) is 2.46. The highest BCUT2D eigenvalue weighted by Crippen LogP contribution is 2.01. The number of nitrogens with zero attached hydrogens (tertiary/aromatic N) is 1. The van der Waals surface area contributed by atoms with Crippen molar-refractivity contribution in [3.05, 3.63) is 33.2 Å². The van der Waals surface area contributed by atoms with E-state index in [1.807, 2.05) is 0 Å². The van der Waals surface area contributed by atoms with Crippen molar-refractivity contribution in [2.75, 3.05) is 0 Å². The lowest BCUT2D eigenvalue weighted by Gasteiger charge is -1.83. The van der Waals surface area contributed by atoms with E-state index >= 15 is 0 Å². The summed E-state index contributed by atoms with van der Waals surface area (Å²) in [6.07, 6.45) is 1.46. The minimum atomic E-state index is -0.570. The van der Waals surface area contributed by atoms with Crippen LogP contribution in [0.5, 0.6) is 0 Å². The number of H-pyrrole nitrogens is 3. The summed E-state index contributed by atoms with van der Waals surface area (Å²) in [5, 5.41) is 0. The Morgan fingerprint density at radius 3 is 2.69 bits per heavy atom. The molecule has 2 aromatic heterocycles. The summed E-state index contributed by atoms with van der Waals surface area (Å²) in [5.41, 5.74) is -0.572. The molecule has 3 N–H and O–H groups in total. The van der Waals surface area contributed by atoms with Crippen LogP contribution in [0.3, 0.4) is 0 Å². The highest BCUT2D eigenvalue weighted by Gasteiger charge is 2.04. The normalized spacial score (nSPS) is 10.5. The molecule has 0 bridgehead atoms. The average molecular weight is 178 g/mol. The molecule has 0 spiro atoms. The maximum atomic E-state index is 11.1. The van der Waals surface area contributed by atoms with Gasteiger partial charge in [-0.15, -0.1) is 0 Å². The monoisotopic (exact) mass is 178 g/mol. The van der Waals surface area contributed by atoms with E-state index in [0.717, 1.165) is 0 Å². The van der Waals surface area contributed by atoms with Crippen LogP contribution in [0.25, 0.3) is 17.2 Å². The Labute approximate surface area is 71.3 Å². The van der Waals surface area contributed by atoms with Crippen LogP contribution in [-0.4, -0.2) is 19.9 Å². The maximum absolute atomic E-state index is 11.1. The summed E-state index contributed by atoms with van der Waals surface area (Å²) < 4.78 is 0. The van der Waals surface area contributed by atoms with Gasteiger partial charge in [0, 0.05) is 0 Å². The molecule has 2 aromatic rings. The lowest BCUT2D eigenvalue weighted by molar-refractivity contribution is 1.07. The van der Waals surface area contributed by atoms with Gasteiger partial charge in [-0.1, -0.05) is 6.58 Å². The van der Waals surface area contributed by atoms with Gasteiger partial charge in [-0.2, -0.15) is 0 Å². The highest BCUT2D eigenvalue weighted by atomic mass is 16.2. The molecule has 0 radical (unpaired) electrons. The number of fused-ring (bicyclic) bond motifs is 1. The van der Waals surface area contributed by atoms with Gasteiger partial charge in [-0.05, 0) is 6.08 Å². The van der Waals surface area contributed by atoms with E-state index in [4.69, 9.17) is 0 Å². The second kappa shape index (κ2) is 2.44. The third-order valence-corrected chi connectivity index (χ3v) is 1.60. The van der Waals surface area contributed by atoms with Gasteiger partial charge in [-0.3, -0.25) is 14.8 Å². The predicted molar refractivity (Wildman–Crippen MR) is 47.4 cm³/mol. The molecule has 0 aliphatic carbocycles. The van der Waals surface area contributed by atoms with Crippen molar-refractivity contribution in [1.29, 1.82) is 0 Å². The molecular formula is C7H6N4O2. The first-order valence-electron chi connectivity index (χ1n) is 3.55. The van der Waals surface area contributed by atoms with E-state index in [1.165, 1.54) is 6.08 Å². The van der Waals surface area contributed by atoms with Crippen molar-refractivity contribution in [2.24, 2.45) is 0 Å². The Morgan fingerprint density at radius 2 is 2.00 bits per heavy atom. The minimum absolute atomic E-state index is 0.239. The molecule has 0 fully saturated rings. The first kappa shape index (κ1) is 7.53. The summed E-state index contributed by atoms with van der Waals surface area (Å²) in [7, 11) is 0. The quantitative estimate of drug-likeness (QED) is 0.553. The van der Waals surface area contributed by atoms with Crippen LogP contribution in [0, 0.1) is 0 Å². The van der Waals surface area contributed by atoms with Gasteiger partial charge < -0.3 is 4.98 Å². The molecule has 6 nitrogen and oxygen atoms in total. The number of imidazole rings is 1. The van der Waals surface area contributed by atoms with Crippen molar-refractivity contribution in [2.45, 2.75) is 0 Å². The van der Waals surface area contributed by atoms with Crippen LogP contribution in [0.4, 0.5) is 0 Å². The average Bonchev–Trinajstić information content (AvgIpc) is 2.47. The van der Waals surface area contributed by atoms with Gasteiger partial charge >= 0.3 is 5.69 Å². The second-order valence-corrected chi connectivity index (χ2v) is 2.46. The van der Waals surface area contributed by atoms with E-state index in [2.05, 4.69) is 26.5 Å². The Balaban J connectivity index is 2.99. The van der Waals surface area contributed by atoms with Gasteiger partial charge in [-0.25, -0.2) is 9.78 Å². The number of hydrogen-bond acceptors (Lipinski definition) is 3. The third kappa shape index (κ3) is 1.08. The fourth-order valence-electron chi connectivity index (χ4n) is 1.05. The molecule has 0 aliphatic heterocycles. The van der Waals surface area contributed by atoms with Gasteiger partial charge in [0.05, 0.1) is 0 Å². The molecule has 2 rings (SSSR count). The number of nitrogens with one attached hydrogen (secondary N) is 3. The highest BCUT2D eigenvalue weighted by molar-refractivity contribution is 5.70. The van der Waals surface area contributed by atoms with Gasteiger partial charge in [0.1, 0.15) is 11.3 Å². The van der Waals surface area contributed by atoms with Crippen molar-refractivity contribution in [3.8, 4) is 0 Å². The molecule has 2 heterocycles. The third-order valence-electron chi connectivity index (χ3n) is 1.60. The van der Waals surface area contributed by atoms with E-state index in [1.54, 1.807) is 0 Å². The van der Waals surface area contributed by atoms with E-state index in [-0.39, 0.29) is 11.2 Å². The van der Waals surface area contributed by atoms with Crippen LogP contribution >= 0.6 is 0 Å². The molecule has 0 amide bonds. The zero-order chi connectivity index (χ0) is 9.42. The topological polar surface area (TPSA) is 94.4 Å². The number of hydrogen-bond donors (Lipinski definition) is 3. The Hall–Kier alpha value is -2.11. The van der Waals surface area contributed by atoms with Crippen molar-refractivity contribution in [1.82, 2.24) is 19.9 Å². The van der Waals surface area contributed by atoms with Crippen molar-refractivity contribution < 1.29 is 0 Å². The lowest BCUT2D eigenvalue weighted by Crippen LogP contribution is -2.21. The van der Waals surface area contributed by atoms with Crippen LogP contribution in [0.15, 0.2) is 16.2 Å². The molecule has 0 atom stereocenters. The summed E-state index contributed by atoms with van der Waals surface area (Å²) in [6.45, 7) is 3.48. The van der Waals surface area contributed by atoms with Crippen LogP contribution in [-0.2, 0) is 0 Å². The Kier molecular flexibility index (Phi) is 1.42. The fraction of sp³-hybridized carbons (Fsp3) is 0. The Bertz CT molecular complexity index is 574. The molecule has 0 aromatic carbocycles. The maximum Gasteiger partial charge on any atom is 0.327 e. The lowest BCUT2D eigenvalue weighted by atomic mass is 10.5. The molecule has 6 heteroatoms. The van der Waals surface area contributed by atoms with E-state index in [9.17, 15) is 9.59 Å². The summed E-state index contributed by atoms with van der Waals surface area (Å²) in [6, 6.07) is 0. The minimum Gasteiger partial charge on any atom is -0.333 e. The summed E-state index contributed by atoms with van der Waals surface area (Å²) in [5.74, 6) is 0.447. The standard InChI is InChI=1S/C7H6N4O2/c1-2-3-8-4-5(9-3)10-7(13)11-6(4)12/h2H,1H2,(H3,8,9,10,11,12,13). The SMILES string of the molecule is C=Cc1nc2[nH]c(=O)[nH]c(=O)c2[nH]1.